The van der Waals surface area contributed by atoms with E-state index in [0.29, 0.717) is 13.0 Å². The molecule has 1 aromatic carbocycles. The van der Waals surface area contributed by atoms with Crippen LogP contribution in [0.3, 0.4) is 0 Å². The lowest BCUT2D eigenvalue weighted by Gasteiger charge is -2.16. The Balaban J connectivity index is 2.16. The number of nitrogens with two attached hydrogens (primary N) is 1. The quantitative estimate of drug-likeness (QED) is 0.864. The van der Waals surface area contributed by atoms with Crippen molar-refractivity contribution in [2.24, 2.45) is 11.7 Å². The number of fused-ring (bicyclic) bond motifs is 1. The van der Waals surface area contributed by atoms with Crippen LogP contribution < -0.4 is 11.1 Å². The summed E-state index contributed by atoms with van der Waals surface area (Å²) in [5, 5.41) is 3.96. The van der Waals surface area contributed by atoms with E-state index in [1.165, 1.54) is 0 Å². The number of amides is 1. The molecule has 19 heavy (non-hydrogen) atoms. The van der Waals surface area contributed by atoms with Gasteiger partial charge in [-0.2, -0.15) is 0 Å². The Bertz CT molecular complexity index is 560. The van der Waals surface area contributed by atoms with Crippen molar-refractivity contribution in [1.29, 1.82) is 0 Å². The third-order valence-electron chi connectivity index (χ3n) is 3.11. The second kappa shape index (κ2) is 5.89. The lowest BCUT2D eigenvalue weighted by Crippen LogP contribution is -2.39. The van der Waals surface area contributed by atoms with E-state index in [2.05, 4.69) is 5.32 Å². The standard InChI is InChI=1S/C15H20N2O2/c1-10(2)17-15(18)11(8-16)7-12-9-19-14-6-4-3-5-13(12)14/h3-6,9-11H,7-8,16H2,1-2H3,(H,17,18). The van der Waals surface area contributed by atoms with Gasteiger partial charge in [-0.05, 0) is 31.9 Å². The van der Waals surface area contributed by atoms with Gasteiger partial charge in [0.2, 0.25) is 5.91 Å². The first-order valence-electron chi connectivity index (χ1n) is 6.57. The van der Waals surface area contributed by atoms with Crippen LogP contribution in [0.15, 0.2) is 34.9 Å². The average molecular weight is 260 g/mol. The molecule has 0 aliphatic heterocycles. The van der Waals surface area contributed by atoms with E-state index in [9.17, 15) is 4.79 Å². The Kier molecular flexibility index (Phi) is 4.22. The molecule has 0 bridgehead atoms. The van der Waals surface area contributed by atoms with Gasteiger partial charge < -0.3 is 15.5 Å². The van der Waals surface area contributed by atoms with Crippen molar-refractivity contribution < 1.29 is 9.21 Å². The number of carbonyl (C=O) groups is 1. The van der Waals surface area contributed by atoms with E-state index in [1.54, 1.807) is 6.26 Å². The second-order valence-electron chi connectivity index (χ2n) is 5.06. The first kappa shape index (κ1) is 13.6. The van der Waals surface area contributed by atoms with Gasteiger partial charge in [-0.1, -0.05) is 18.2 Å². The summed E-state index contributed by atoms with van der Waals surface area (Å²) in [5.41, 5.74) is 7.60. The SMILES string of the molecule is CC(C)NC(=O)C(CN)Cc1coc2ccccc12. The molecule has 4 heteroatoms. The lowest BCUT2D eigenvalue weighted by molar-refractivity contribution is -0.125. The topological polar surface area (TPSA) is 68.3 Å². The summed E-state index contributed by atoms with van der Waals surface area (Å²) < 4.78 is 5.48. The maximum absolute atomic E-state index is 12.0. The van der Waals surface area contributed by atoms with Crippen molar-refractivity contribution in [3.05, 3.63) is 36.1 Å². The number of carbonyl (C=O) groups excluding carboxylic acids is 1. The van der Waals surface area contributed by atoms with Gasteiger partial charge in [0, 0.05) is 18.0 Å². The van der Waals surface area contributed by atoms with Crippen LogP contribution in [0.5, 0.6) is 0 Å². The molecule has 4 nitrogen and oxygen atoms in total. The second-order valence-corrected chi connectivity index (χ2v) is 5.06. The highest BCUT2D eigenvalue weighted by molar-refractivity contribution is 5.83. The van der Waals surface area contributed by atoms with E-state index in [4.69, 9.17) is 10.2 Å². The van der Waals surface area contributed by atoms with E-state index >= 15 is 0 Å². The summed E-state index contributed by atoms with van der Waals surface area (Å²) >= 11 is 0. The molecule has 102 valence electrons. The third kappa shape index (κ3) is 3.15. The zero-order chi connectivity index (χ0) is 13.8. The first-order valence-corrected chi connectivity index (χ1v) is 6.57. The monoisotopic (exact) mass is 260 g/mol. The fraction of sp³-hybridized carbons (Fsp3) is 0.400. The molecule has 0 aliphatic rings. The van der Waals surface area contributed by atoms with Gasteiger partial charge in [0.15, 0.2) is 0 Å². The summed E-state index contributed by atoms with van der Waals surface area (Å²) in [5.74, 6) is -0.216. The number of rotatable bonds is 5. The fourth-order valence-electron chi connectivity index (χ4n) is 2.14. The molecule has 1 unspecified atom stereocenters. The summed E-state index contributed by atoms with van der Waals surface area (Å²) in [6.07, 6.45) is 2.32. The van der Waals surface area contributed by atoms with E-state index in [0.717, 1.165) is 16.5 Å². The Hall–Kier alpha value is -1.81. The zero-order valence-electron chi connectivity index (χ0n) is 11.3. The van der Waals surface area contributed by atoms with Crippen LogP contribution in [0, 0.1) is 5.92 Å². The van der Waals surface area contributed by atoms with Crippen LogP contribution in [0.1, 0.15) is 19.4 Å². The van der Waals surface area contributed by atoms with Gasteiger partial charge in [0.05, 0.1) is 12.2 Å². The maximum Gasteiger partial charge on any atom is 0.224 e. The minimum atomic E-state index is -0.219. The molecule has 2 rings (SSSR count). The van der Waals surface area contributed by atoms with E-state index in [1.807, 2.05) is 38.1 Å². The normalized spacial score (nSPS) is 12.8. The van der Waals surface area contributed by atoms with E-state index < -0.39 is 0 Å². The number of furan rings is 1. The highest BCUT2D eigenvalue weighted by Gasteiger charge is 2.20. The van der Waals surface area contributed by atoms with Gasteiger partial charge in [0.25, 0.3) is 0 Å². The molecule has 0 saturated carbocycles. The van der Waals surface area contributed by atoms with Crippen LogP contribution in [0.25, 0.3) is 11.0 Å². The number of para-hydroxylation sites is 1. The highest BCUT2D eigenvalue weighted by atomic mass is 16.3. The smallest absolute Gasteiger partial charge is 0.224 e. The predicted octanol–water partition coefficient (Wildman–Crippen LogP) is 2.07. The van der Waals surface area contributed by atoms with Gasteiger partial charge in [0.1, 0.15) is 5.58 Å². The lowest BCUT2D eigenvalue weighted by atomic mass is 9.98. The van der Waals surface area contributed by atoms with Crippen molar-refractivity contribution in [1.82, 2.24) is 5.32 Å². The van der Waals surface area contributed by atoms with Crippen molar-refractivity contribution in [2.75, 3.05) is 6.54 Å². The summed E-state index contributed by atoms with van der Waals surface area (Å²) in [4.78, 5) is 12.0. The van der Waals surface area contributed by atoms with Crippen LogP contribution in [0.2, 0.25) is 0 Å². The number of benzene rings is 1. The predicted molar refractivity (Wildman–Crippen MR) is 75.7 cm³/mol. The Labute approximate surface area is 113 Å². The van der Waals surface area contributed by atoms with Crippen molar-refractivity contribution in [2.45, 2.75) is 26.3 Å². The van der Waals surface area contributed by atoms with Crippen molar-refractivity contribution in [3.8, 4) is 0 Å². The molecule has 0 aliphatic carbocycles. The van der Waals surface area contributed by atoms with Gasteiger partial charge in [-0.25, -0.2) is 0 Å². The molecule has 1 atom stereocenters. The molecule has 0 spiro atoms. The number of hydrogen-bond acceptors (Lipinski definition) is 3. The van der Waals surface area contributed by atoms with Gasteiger partial charge >= 0.3 is 0 Å². The number of nitrogens with one attached hydrogen (secondary N) is 1. The molecule has 1 aromatic heterocycles. The molecule has 1 heterocycles. The highest BCUT2D eigenvalue weighted by Crippen LogP contribution is 2.23. The largest absolute Gasteiger partial charge is 0.464 e. The minimum absolute atomic E-state index is 0.00258. The van der Waals surface area contributed by atoms with Crippen LogP contribution >= 0.6 is 0 Å². The maximum atomic E-state index is 12.0. The molecule has 0 radical (unpaired) electrons. The van der Waals surface area contributed by atoms with Crippen LogP contribution in [-0.2, 0) is 11.2 Å². The van der Waals surface area contributed by atoms with Crippen molar-refractivity contribution >= 4 is 16.9 Å². The summed E-state index contributed by atoms with van der Waals surface area (Å²) in [6, 6.07) is 7.95. The molecular formula is C15H20N2O2. The summed E-state index contributed by atoms with van der Waals surface area (Å²) in [6.45, 7) is 4.22. The number of hydrogen-bond donors (Lipinski definition) is 2. The fourth-order valence-corrected chi connectivity index (χ4v) is 2.14. The Morgan fingerprint density at radius 3 is 2.79 bits per heavy atom. The van der Waals surface area contributed by atoms with Gasteiger partial charge in [-0.15, -0.1) is 0 Å². The average Bonchev–Trinajstić information content (AvgIpc) is 2.78. The summed E-state index contributed by atoms with van der Waals surface area (Å²) in [7, 11) is 0. The molecule has 0 fully saturated rings. The Morgan fingerprint density at radius 2 is 2.11 bits per heavy atom. The Morgan fingerprint density at radius 1 is 1.37 bits per heavy atom. The molecule has 2 aromatic rings. The third-order valence-corrected chi connectivity index (χ3v) is 3.11. The minimum Gasteiger partial charge on any atom is -0.464 e. The molecule has 3 N–H and O–H groups in total. The zero-order valence-corrected chi connectivity index (χ0v) is 11.3. The molecule has 1 amide bonds. The molecule has 0 saturated heterocycles. The van der Waals surface area contributed by atoms with Crippen LogP contribution in [0.4, 0.5) is 0 Å². The van der Waals surface area contributed by atoms with Gasteiger partial charge in [-0.3, -0.25) is 4.79 Å². The van der Waals surface area contributed by atoms with Crippen LogP contribution in [-0.4, -0.2) is 18.5 Å². The van der Waals surface area contributed by atoms with Crippen molar-refractivity contribution in [3.63, 3.8) is 0 Å². The molecular weight excluding hydrogens is 240 g/mol. The first-order chi connectivity index (χ1) is 9.11. The van der Waals surface area contributed by atoms with E-state index in [-0.39, 0.29) is 17.9 Å².